The number of aromatic nitrogens is 1. The summed E-state index contributed by atoms with van der Waals surface area (Å²) in [5, 5.41) is 0. The van der Waals surface area contributed by atoms with E-state index >= 15 is 0 Å². The first-order valence-electron chi connectivity index (χ1n) is 7.63. The van der Waals surface area contributed by atoms with E-state index in [4.69, 9.17) is 9.15 Å². The van der Waals surface area contributed by atoms with E-state index in [2.05, 4.69) is 16.9 Å². The Bertz CT molecular complexity index is 498. The number of amides is 1. The van der Waals surface area contributed by atoms with Gasteiger partial charge < -0.3 is 19.0 Å². The lowest BCUT2D eigenvalue weighted by atomic mass is 10.2. The molecule has 0 bridgehead atoms. The van der Waals surface area contributed by atoms with E-state index in [1.807, 2.05) is 4.90 Å². The summed E-state index contributed by atoms with van der Waals surface area (Å²) in [6, 6.07) is 0. The van der Waals surface area contributed by atoms with Crippen LogP contribution in [-0.4, -0.2) is 66.6 Å². The smallest absolute Gasteiger partial charge is 0.276 e. The average Bonchev–Trinajstić information content (AvgIpc) is 3.17. The highest BCUT2D eigenvalue weighted by atomic mass is 16.5. The molecule has 1 atom stereocenters. The average molecular weight is 293 g/mol. The molecule has 2 heterocycles. The van der Waals surface area contributed by atoms with Crippen LogP contribution in [0, 0.1) is 12.8 Å². The molecule has 0 aromatic carbocycles. The van der Waals surface area contributed by atoms with Crippen molar-refractivity contribution >= 4 is 5.91 Å². The van der Waals surface area contributed by atoms with Crippen molar-refractivity contribution in [1.29, 1.82) is 0 Å². The van der Waals surface area contributed by atoms with Crippen LogP contribution in [0.4, 0.5) is 0 Å². The number of aryl methyl sites for hydroxylation is 1. The second-order valence-corrected chi connectivity index (χ2v) is 6.17. The van der Waals surface area contributed by atoms with Crippen molar-refractivity contribution < 1.29 is 13.9 Å². The molecule has 1 aliphatic heterocycles. The van der Waals surface area contributed by atoms with Crippen LogP contribution in [0.15, 0.2) is 10.8 Å². The molecule has 1 aromatic rings. The quantitative estimate of drug-likeness (QED) is 0.815. The van der Waals surface area contributed by atoms with Gasteiger partial charge in [-0.3, -0.25) is 4.79 Å². The third kappa shape index (κ3) is 3.63. The highest BCUT2D eigenvalue weighted by molar-refractivity contribution is 5.93. The fourth-order valence-corrected chi connectivity index (χ4v) is 2.74. The first-order valence-corrected chi connectivity index (χ1v) is 7.63. The number of hydrogen-bond donors (Lipinski definition) is 0. The third-order valence-electron chi connectivity index (χ3n) is 4.18. The van der Waals surface area contributed by atoms with Crippen LogP contribution in [0.1, 0.15) is 29.1 Å². The third-order valence-corrected chi connectivity index (χ3v) is 4.18. The summed E-state index contributed by atoms with van der Waals surface area (Å²) >= 11 is 0. The summed E-state index contributed by atoms with van der Waals surface area (Å²) in [7, 11) is 2.09. The number of nitrogens with zero attached hydrogens (tertiary/aromatic N) is 3. The van der Waals surface area contributed by atoms with E-state index in [0.29, 0.717) is 23.9 Å². The zero-order valence-electron chi connectivity index (χ0n) is 12.7. The number of likely N-dealkylation sites (N-methyl/N-ethyl adjacent to an activating group) is 1. The van der Waals surface area contributed by atoms with Gasteiger partial charge in [-0.25, -0.2) is 4.98 Å². The summed E-state index contributed by atoms with van der Waals surface area (Å²) < 4.78 is 11.0. The normalized spacial score (nSPS) is 23.2. The van der Waals surface area contributed by atoms with Crippen molar-refractivity contribution in [3.05, 3.63) is 17.8 Å². The number of hydrogen-bond acceptors (Lipinski definition) is 5. The van der Waals surface area contributed by atoms with Gasteiger partial charge in [0.15, 0.2) is 12.1 Å². The molecule has 1 aromatic heterocycles. The van der Waals surface area contributed by atoms with Gasteiger partial charge in [-0.1, -0.05) is 0 Å². The van der Waals surface area contributed by atoms with Crippen LogP contribution in [0.5, 0.6) is 0 Å². The van der Waals surface area contributed by atoms with Gasteiger partial charge in [-0.05, 0) is 32.7 Å². The molecule has 6 nitrogen and oxygen atoms in total. The van der Waals surface area contributed by atoms with E-state index in [9.17, 15) is 4.79 Å². The number of ether oxygens (including phenoxy) is 1. The van der Waals surface area contributed by atoms with Gasteiger partial charge in [0, 0.05) is 26.2 Å². The summed E-state index contributed by atoms with van der Waals surface area (Å²) in [5.41, 5.74) is 0.430. The number of carbonyl (C=O) groups is 1. The minimum atomic E-state index is -0.0371. The molecule has 0 radical (unpaired) electrons. The van der Waals surface area contributed by atoms with E-state index in [0.717, 1.165) is 26.2 Å². The highest BCUT2D eigenvalue weighted by Crippen LogP contribution is 2.30. The Morgan fingerprint density at radius 2 is 2.29 bits per heavy atom. The molecular weight excluding hydrogens is 270 g/mol. The van der Waals surface area contributed by atoms with E-state index in [1.54, 1.807) is 6.92 Å². The molecule has 1 saturated heterocycles. The molecular formula is C15H23N3O3. The molecule has 116 valence electrons. The van der Waals surface area contributed by atoms with E-state index in [1.165, 1.54) is 19.2 Å². The minimum absolute atomic E-state index is 0.0371. The lowest BCUT2D eigenvalue weighted by Gasteiger charge is -2.33. The molecule has 0 spiro atoms. The standard InChI is InChI=1S/C15H23N3O3/c1-11-14(16-10-21-11)15(19)18(7-12-3-4-12)9-13-8-17(2)5-6-20-13/h10,12-13H,3-9H2,1-2H3. The van der Waals surface area contributed by atoms with Gasteiger partial charge in [0.2, 0.25) is 0 Å². The summed E-state index contributed by atoms with van der Waals surface area (Å²) in [6.07, 6.45) is 3.85. The van der Waals surface area contributed by atoms with Crippen LogP contribution in [0.25, 0.3) is 0 Å². The Balaban J connectivity index is 1.68. The van der Waals surface area contributed by atoms with Crippen molar-refractivity contribution in [2.45, 2.75) is 25.9 Å². The Kier molecular flexibility index (Phi) is 4.26. The van der Waals surface area contributed by atoms with Gasteiger partial charge in [-0.15, -0.1) is 0 Å². The Hall–Kier alpha value is -1.40. The largest absolute Gasteiger partial charge is 0.448 e. The zero-order valence-corrected chi connectivity index (χ0v) is 12.7. The summed E-state index contributed by atoms with van der Waals surface area (Å²) in [4.78, 5) is 20.9. The molecule has 2 fully saturated rings. The Morgan fingerprint density at radius 3 is 2.90 bits per heavy atom. The molecule has 21 heavy (non-hydrogen) atoms. The monoisotopic (exact) mass is 293 g/mol. The van der Waals surface area contributed by atoms with E-state index < -0.39 is 0 Å². The number of carbonyl (C=O) groups excluding carboxylic acids is 1. The van der Waals surface area contributed by atoms with Gasteiger partial charge in [0.25, 0.3) is 5.91 Å². The molecule has 6 heteroatoms. The lowest BCUT2D eigenvalue weighted by molar-refractivity contribution is -0.0332. The van der Waals surface area contributed by atoms with Crippen LogP contribution < -0.4 is 0 Å². The molecule has 2 aliphatic rings. The van der Waals surface area contributed by atoms with Crippen LogP contribution in [-0.2, 0) is 4.74 Å². The minimum Gasteiger partial charge on any atom is -0.448 e. The molecule has 1 aliphatic carbocycles. The predicted octanol–water partition coefficient (Wildman–Crippen LogP) is 1.17. The Morgan fingerprint density at radius 1 is 1.48 bits per heavy atom. The van der Waals surface area contributed by atoms with Crippen molar-refractivity contribution in [3.8, 4) is 0 Å². The topological polar surface area (TPSA) is 58.8 Å². The van der Waals surface area contributed by atoms with Crippen LogP contribution in [0.3, 0.4) is 0 Å². The number of oxazole rings is 1. The van der Waals surface area contributed by atoms with E-state index in [-0.39, 0.29) is 12.0 Å². The SMILES string of the molecule is Cc1ocnc1C(=O)N(CC1CC1)CC1CN(C)CCO1. The van der Waals surface area contributed by atoms with Gasteiger partial charge >= 0.3 is 0 Å². The Labute approximate surface area is 125 Å². The van der Waals surface area contributed by atoms with Gasteiger partial charge in [-0.2, -0.15) is 0 Å². The molecule has 3 rings (SSSR count). The summed E-state index contributed by atoms with van der Waals surface area (Å²) in [5.74, 6) is 1.19. The molecule has 1 unspecified atom stereocenters. The number of rotatable bonds is 5. The molecule has 1 saturated carbocycles. The maximum Gasteiger partial charge on any atom is 0.276 e. The molecule has 1 amide bonds. The first kappa shape index (κ1) is 14.5. The van der Waals surface area contributed by atoms with Gasteiger partial charge in [0.05, 0.1) is 12.7 Å². The van der Waals surface area contributed by atoms with Crippen molar-refractivity contribution in [2.24, 2.45) is 5.92 Å². The summed E-state index contributed by atoms with van der Waals surface area (Å²) in [6.45, 7) is 5.76. The number of morpholine rings is 1. The second-order valence-electron chi connectivity index (χ2n) is 6.17. The first-order chi connectivity index (χ1) is 10.1. The maximum absolute atomic E-state index is 12.7. The maximum atomic E-state index is 12.7. The van der Waals surface area contributed by atoms with Crippen molar-refractivity contribution in [1.82, 2.24) is 14.8 Å². The van der Waals surface area contributed by atoms with Crippen molar-refractivity contribution in [2.75, 3.05) is 39.8 Å². The predicted molar refractivity (Wildman–Crippen MR) is 77.1 cm³/mol. The molecule has 0 N–H and O–H groups in total. The second kappa shape index (κ2) is 6.15. The fourth-order valence-electron chi connectivity index (χ4n) is 2.74. The van der Waals surface area contributed by atoms with Gasteiger partial charge in [0.1, 0.15) is 5.76 Å². The van der Waals surface area contributed by atoms with Crippen molar-refractivity contribution in [3.63, 3.8) is 0 Å². The fraction of sp³-hybridized carbons (Fsp3) is 0.733. The highest BCUT2D eigenvalue weighted by Gasteiger charge is 2.31. The van der Waals surface area contributed by atoms with Crippen LogP contribution in [0.2, 0.25) is 0 Å². The lowest BCUT2D eigenvalue weighted by Crippen LogP contribution is -2.48. The zero-order chi connectivity index (χ0) is 14.8. The van der Waals surface area contributed by atoms with Crippen LogP contribution >= 0.6 is 0 Å².